The number of esters is 1. The van der Waals surface area contributed by atoms with Gasteiger partial charge in [0.2, 0.25) is 0 Å². The zero-order chi connectivity index (χ0) is 24.9. The maximum Gasteiger partial charge on any atom is 0.306 e. The standard InChI is InChI=1S/C30H48O4/c1-5-7-9-10-14-23(4)34-30(33)16-12-11-15-24-19-25-21-29(32)26(27(25)20-24)17-18-28(31)22(3)13-8-6-2/h15,17-18,22-23,25-29,31-32H,5,7,9-14,16,19-21H2,1-4H3/b18-17+,24-15-/t22?,23-,25-,26+,27-,28+,29+/m0/s1. The quantitative estimate of drug-likeness (QED) is 0.134. The smallest absolute Gasteiger partial charge is 0.306 e. The van der Waals surface area contributed by atoms with E-state index in [2.05, 4.69) is 30.9 Å². The van der Waals surface area contributed by atoms with Gasteiger partial charge in [-0.2, -0.15) is 0 Å². The van der Waals surface area contributed by atoms with Crippen LogP contribution in [0.1, 0.15) is 105 Å². The Bertz CT molecular complexity index is 728. The molecule has 2 aliphatic rings. The van der Waals surface area contributed by atoms with Crippen LogP contribution >= 0.6 is 0 Å². The summed E-state index contributed by atoms with van der Waals surface area (Å²) < 4.78 is 5.55. The summed E-state index contributed by atoms with van der Waals surface area (Å²) in [6.07, 6.45) is 17.0. The van der Waals surface area contributed by atoms with Crippen LogP contribution in [0.2, 0.25) is 0 Å². The molecule has 0 spiro atoms. The van der Waals surface area contributed by atoms with Crippen molar-refractivity contribution < 1.29 is 19.7 Å². The summed E-state index contributed by atoms with van der Waals surface area (Å²) >= 11 is 0. The fraction of sp³-hybridized carbons (Fsp3) is 0.767. The number of aliphatic hydroxyl groups excluding tert-OH is 2. The first-order valence-corrected chi connectivity index (χ1v) is 13.7. The average Bonchev–Trinajstić information content (AvgIpc) is 3.32. The van der Waals surface area contributed by atoms with Crippen molar-refractivity contribution in [2.45, 2.75) is 123 Å². The van der Waals surface area contributed by atoms with Gasteiger partial charge < -0.3 is 14.9 Å². The average molecular weight is 473 g/mol. The lowest BCUT2D eigenvalue weighted by Crippen LogP contribution is -2.19. The fourth-order valence-corrected chi connectivity index (χ4v) is 5.51. The van der Waals surface area contributed by atoms with Gasteiger partial charge in [0.05, 0.1) is 18.3 Å². The number of ether oxygens (including phenoxy) is 1. The van der Waals surface area contributed by atoms with Crippen molar-refractivity contribution in [1.29, 1.82) is 0 Å². The van der Waals surface area contributed by atoms with Gasteiger partial charge >= 0.3 is 5.97 Å². The molecule has 0 heterocycles. The third-order valence-electron chi connectivity index (χ3n) is 7.64. The maximum atomic E-state index is 12.1. The zero-order valence-electron chi connectivity index (χ0n) is 22.0. The Morgan fingerprint density at radius 2 is 2.00 bits per heavy atom. The number of carbonyl (C=O) groups is 1. The molecule has 7 atom stereocenters. The van der Waals surface area contributed by atoms with Crippen LogP contribution in [0.5, 0.6) is 0 Å². The van der Waals surface area contributed by atoms with Crippen LogP contribution in [-0.2, 0) is 9.53 Å². The number of allylic oxidation sites excluding steroid dienone is 2. The monoisotopic (exact) mass is 472 g/mol. The Morgan fingerprint density at radius 3 is 2.74 bits per heavy atom. The first-order valence-electron chi connectivity index (χ1n) is 13.7. The number of hydrogen-bond donors (Lipinski definition) is 2. The Kier molecular flexibility index (Phi) is 13.0. The summed E-state index contributed by atoms with van der Waals surface area (Å²) in [4.78, 5) is 12.1. The Labute approximate surface area is 208 Å². The molecule has 2 N–H and O–H groups in total. The normalized spacial score (nSPS) is 27.9. The minimum atomic E-state index is -0.526. The minimum Gasteiger partial charge on any atom is -0.463 e. The van der Waals surface area contributed by atoms with E-state index in [-0.39, 0.29) is 30.0 Å². The molecule has 2 rings (SSSR count). The van der Waals surface area contributed by atoms with Gasteiger partial charge in [-0.25, -0.2) is 0 Å². The molecular weight excluding hydrogens is 424 g/mol. The molecule has 0 bridgehead atoms. The summed E-state index contributed by atoms with van der Waals surface area (Å²) in [5.41, 5.74) is 1.46. The predicted molar refractivity (Wildman–Crippen MR) is 139 cm³/mol. The molecule has 0 amide bonds. The van der Waals surface area contributed by atoms with Crippen LogP contribution in [0.3, 0.4) is 0 Å². The Hall–Kier alpha value is -1.57. The third-order valence-corrected chi connectivity index (χ3v) is 7.64. The highest BCUT2D eigenvalue weighted by Gasteiger charge is 2.44. The van der Waals surface area contributed by atoms with Crippen molar-refractivity contribution in [2.24, 2.45) is 23.7 Å². The van der Waals surface area contributed by atoms with Crippen molar-refractivity contribution in [3.8, 4) is 11.8 Å². The number of rotatable bonds is 14. The highest BCUT2D eigenvalue weighted by atomic mass is 16.5. The van der Waals surface area contributed by atoms with Crippen molar-refractivity contribution in [1.82, 2.24) is 0 Å². The summed E-state index contributed by atoms with van der Waals surface area (Å²) in [6, 6.07) is 0. The van der Waals surface area contributed by atoms with Gasteiger partial charge in [0.25, 0.3) is 0 Å². The number of aliphatic hydroxyl groups is 2. The van der Waals surface area contributed by atoms with E-state index in [1.807, 2.05) is 26.8 Å². The van der Waals surface area contributed by atoms with Crippen molar-refractivity contribution in [3.05, 3.63) is 23.8 Å². The molecule has 1 unspecified atom stereocenters. The zero-order valence-corrected chi connectivity index (χ0v) is 22.0. The molecule has 2 saturated carbocycles. The second kappa shape index (κ2) is 15.4. The lowest BCUT2D eigenvalue weighted by molar-refractivity contribution is -0.148. The van der Waals surface area contributed by atoms with Gasteiger partial charge in [0, 0.05) is 18.8 Å². The molecule has 2 fully saturated rings. The summed E-state index contributed by atoms with van der Waals surface area (Å²) in [5, 5.41) is 21.0. The van der Waals surface area contributed by atoms with Gasteiger partial charge in [0.15, 0.2) is 0 Å². The molecule has 0 aliphatic heterocycles. The molecule has 0 radical (unpaired) electrons. The molecule has 0 aromatic heterocycles. The largest absolute Gasteiger partial charge is 0.463 e. The van der Waals surface area contributed by atoms with Gasteiger partial charge in [-0.1, -0.05) is 56.9 Å². The Balaban J connectivity index is 1.72. The van der Waals surface area contributed by atoms with Crippen LogP contribution in [0, 0.1) is 35.5 Å². The first-order chi connectivity index (χ1) is 16.3. The van der Waals surface area contributed by atoms with Gasteiger partial charge in [-0.3, -0.25) is 4.79 Å². The third kappa shape index (κ3) is 9.59. The van der Waals surface area contributed by atoms with Crippen molar-refractivity contribution in [3.63, 3.8) is 0 Å². The number of unbranched alkanes of at least 4 members (excludes halogenated alkanes) is 4. The number of hydrogen-bond acceptors (Lipinski definition) is 4. The molecule has 34 heavy (non-hydrogen) atoms. The second-order valence-electron chi connectivity index (χ2n) is 10.6. The second-order valence-corrected chi connectivity index (χ2v) is 10.6. The fourth-order valence-electron chi connectivity index (χ4n) is 5.51. The van der Waals surface area contributed by atoms with E-state index in [4.69, 9.17) is 4.74 Å². The molecule has 4 heteroatoms. The lowest BCUT2D eigenvalue weighted by atomic mass is 9.89. The first kappa shape index (κ1) is 28.7. The number of fused-ring (bicyclic) bond motifs is 1. The number of carbonyl (C=O) groups excluding carboxylic acids is 1. The molecular formula is C30H48O4. The predicted octanol–water partition coefficient (Wildman–Crippen LogP) is 6.36. The highest BCUT2D eigenvalue weighted by molar-refractivity contribution is 5.69. The molecule has 4 nitrogen and oxygen atoms in total. The SMILES string of the molecule is CC#CCC(C)[C@H](O)/C=C/[C@@H]1[C@H]2C/C(=C\CCCC(=O)O[C@@H](C)CCCCCC)C[C@H]2C[C@H]1O. The lowest BCUT2D eigenvalue weighted by Gasteiger charge is -2.19. The van der Waals surface area contributed by atoms with Gasteiger partial charge in [-0.15, -0.1) is 11.8 Å². The molecule has 0 aromatic carbocycles. The van der Waals surface area contributed by atoms with Crippen molar-refractivity contribution >= 4 is 5.97 Å². The summed E-state index contributed by atoms with van der Waals surface area (Å²) in [7, 11) is 0. The van der Waals surface area contributed by atoms with E-state index in [0.29, 0.717) is 24.7 Å². The molecule has 0 saturated heterocycles. The van der Waals surface area contributed by atoms with Crippen LogP contribution in [-0.4, -0.2) is 34.5 Å². The molecule has 0 aromatic rings. The summed E-state index contributed by atoms with van der Waals surface area (Å²) in [6.45, 7) is 8.03. The topological polar surface area (TPSA) is 66.8 Å². The minimum absolute atomic E-state index is 0.0226. The van der Waals surface area contributed by atoms with Crippen LogP contribution in [0.4, 0.5) is 0 Å². The summed E-state index contributed by atoms with van der Waals surface area (Å²) in [5.74, 6) is 7.02. The van der Waals surface area contributed by atoms with E-state index < -0.39 is 6.10 Å². The molecule has 192 valence electrons. The van der Waals surface area contributed by atoms with E-state index in [1.165, 1.54) is 24.8 Å². The van der Waals surface area contributed by atoms with E-state index in [0.717, 1.165) is 44.9 Å². The van der Waals surface area contributed by atoms with Crippen molar-refractivity contribution in [2.75, 3.05) is 0 Å². The highest BCUT2D eigenvalue weighted by Crippen LogP contribution is 2.50. The van der Waals surface area contributed by atoms with E-state index >= 15 is 0 Å². The Morgan fingerprint density at radius 1 is 1.21 bits per heavy atom. The van der Waals surface area contributed by atoms with E-state index in [1.54, 1.807) is 0 Å². The van der Waals surface area contributed by atoms with Gasteiger partial charge in [-0.05, 0) is 76.5 Å². The van der Waals surface area contributed by atoms with Crippen LogP contribution in [0.25, 0.3) is 0 Å². The van der Waals surface area contributed by atoms with Crippen LogP contribution < -0.4 is 0 Å². The molecule has 2 aliphatic carbocycles. The van der Waals surface area contributed by atoms with Crippen LogP contribution in [0.15, 0.2) is 23.8 Å². The van der Waals surface area contributed by atoms with E-state index in [9.17, 15) is 15.0 Å². The maximum absolute atomic E-state index is 12.1. The van der Waals surface area contributed by atoms with Gasteiger partial charge in [0.1, 0.15) is 0 Å².